The number of carbonyl (C=O) groups is 1. The Kier molecular flexibility index (Phi) is 6.21. The number of methoxy groups -OCH3 is 2. The topological polar surface area (TPSA) is 78.1 Å². The van der Waals surface area contributed by atoms with Crippen molar-refractivity contribution in [2.45, 2.75) is 18.2 Å². The second kappa shape index (κ2) is 9.19. The first-order valence-corrected chi connectivity index (χ1v) is 9.93. The summed E-state index contributed by atoms with van der Waals surface area (Å²) in [4.78, 5) is 12.5. The van der Waals surface area contributed by atoms with Gasteiger partial charge < -0.3 is 29.6 Å². The van der Waals surface area contributed by atoms with Crippen molar-refractivity contribution in [1.82, 2.24) is 5.32 Å². The molecule has 0 saturated carbocycles. The van der Waals surface area contributed by atoms with E-state index in [-0.39, 0.29) is 30.2 Å². The van der Waals surface area contributed by atoms with Gasteiger partial charge in [-0.05, 0) is 5.56 Å². The molecule has 2 aromatic rings. The summed E-state index contributed by atoms with van der Waals surface area (Å²) in [5, 5.41) is 5.78. The Morgan fingerprint density at radius 1 is 1.00 bits per heavy atom. The van der Waals surface area contributed by atoms with E-state index in [9.17, 15) is 4.79 Å². The zero-order valence-electron chi connectivity index (χ0n) is 17.0. The van der Waals surface area contributed by atoms with Crippen molar-refractivity contribution < 1.29 is 23.7 Å². The number of benzene rings is 2. The predicted molar refractivity (Wildman–Crippen MR) is 114 cm³/mol. The van der Waals surface area contributed by atoms with Gasteiger partial charge in [-0.1, -0.05) is 42.5 Å². The van der Waals surface area contributed by atoms with Crippen LogP contribution in [0.25, 0.3) is 6.08 Å². The van der Waals surface area contributed by atoms with Crippen molar-refractivity contribution in [2.24, 2.45) is 5.92 Å². The third kappa shape index (κ3) is 4.58. The minimum absolute atomic E-state index is 0.0628. The molecule has 30 heavy (non-hydrogen) atoms. The molecule has 0 bridgehead atoms. The molecule has 2 N–H and O–H groups in total. The van der Waals surface area contributed by atoms with Crippen molar-refractivity contribution in [2.75, 3.05) is 32.8 Å². The van der Waals surface area contributed by atoms with E-state index in [4.69, 9.17) is 18.9 Å². The van der Waals surface area contributed by atoms with E-state index in [1.54, 1.807) is 32.4 Å². The number of amides is 2. The van der Waals surface area contributed by atoms with Crippen LogP contribution in [0.3, 0.4) is 0 Å². The number of fused-ring (bicyclic) bond motifs is 1. The van der Waals surface area contributed by atoms with Gasteiger partial charge in [0.15, 0.2) is 0 Å². The van der Waals surface area contributed by atoms with E-state index in [2.05, 4.69) is 34.9 Å². The predicted octanol–water partition coefficient (Wildman–Crippen LogP) is 3.32. The van der Waals surface area contributed by atoms with Crippen LogP contribution in [0, 0.1) is 5.92 Å². The normalized spacial score (nSPS) is 25.1. The third-order valence-electron chi connectivity index (χ3n) is 5.35. The zero-order chi connectivity index (χ0) is 20.9. The summed E-state index contributed by atoms with van der Waals surface area (Å²) in [6.07, 6.45) is 3.99. The van der Waals surface area contributed by atoms with Crippen LogP contribution in [0.15, 0.2) is 54.6 Å². The van der Waals surface area contributed by atoms with Gasteiger partial charge in [0.05, 0.1) is 39.6 Å². The van der Waals surface area contributed by atoms with E-state index in [1.165, 1.54) is 0 Å². The lowest BCUT2D eigenvalue weighted by molar-refractivity contribution is 0.0662. The molecule has 4 rings (SSSR count). The van der Waals surface area contributed by atoms with Crippen LogP contribution in [0.2, 0.25) is 0 Å². The molecule has 7 nitrogen and oxygen atoms in total. The Morgan fingerprint density at radius 2 is 1.70 bits per heavy atom. The zero-order valence-corrected chi connectivity index (χ0v) is 17.0. The van der Waals surface area contributed by atoms with E-state index in [0.29, 0.717) is 30.4 Å². The number of hydrogen-bond donors (Lipinski definition) is 2. The first kappa shape index (κ1) is 20.3. The molecule has 1 unspecified atom stereocenters. The third-order valence-corrected chi connectivity index (χ3v) is 5.35. The van der Waals surface area contributed by atoms with Gasteiger partial charge in [-0.3, -0.25) is 0 Å². The minimum Gasteiger partial charge on any atom is -0.497 e. The number of carbonyl (C=O) groups excluding carboxylic acids is 1. The Morgan fingerprint density at radius 3 is 2.40 bits per heavy atom. The number of hydrogen-bond acceptors (Lipinski definition) is 5. The smallest absolute Gasteiger partial charge is 0.319 e. The van der Waals surface area contributed by atoms with Gasteiger partial charge in [-0.15, -0.1) is 0 Å². The van der Waals surface area contributed by atoms with Crippen LogP contribution >= 0.6 is 0 Å². The molecule has 2 aliphatic heterocycles. The lowest BCUT2D eigenvalue weighted by Crippen LogP contribution is -2.45. The summed E-state index contributed by atoms with van der Waals surface area (Å²) in [6, 6.07) is 14.8. The van der Waals surface area contributed by atoms with Crippen LogP contribution in [0.1, 0.15) is 5.56 Å². The van der Waals surface area contributed by atoms with Crippen LogP contribution < -0.4 is 20.1 Å². The Balaban J connectivity index is 1.34. The van der Waals surface area contributed by atoms with Gasteiger partial charge in [-0.2, -0.15) is 0 Å². The van der Waals surface area contributed by atoms with Crippen LogP contribution in [-0.2, 0) is 9.47 Å². The molecule has 2 amide bonds. The minimum atomic E-state index is -0.327. The number of rotatable bonds is 6. The maximum atomic E-state index is 12.5. The largest absolute Gasteiger partial charge is 0.497 e. The first-order valence-electron chi connectivity index (χ1n) is 9.93. The number of anilines is 1. The first-order chi connectivity index (χ1) is 14.7. The summed E-state index contributed by atoms with van der Waals surface area (Å²) < 4.78 is 22.4. The van der Waals surface area contributed by atoms with Crippen molar-refractivity contribution in [1.29, 1.82) is 0 Å². The molecular weight excluding hydrogens is 384 g/mol. The van der Waals surface area contributed by atoms with Crippen LogP contribution in [0.4, 0.5) is 10.5 Å². The molecular formula is C23H26N2O5. The summed E-state index contributed by atoms with van der Waals surface area (Å²) >= 11 is 0. The SMILES string of the molecule is COc1cc(NC(=O)N[C@H]2COC3[C@H](C=Cc4ccccc4)CO[C@@H]32)cc(OC)c1. The van der Waals surface area contributed by atoms with Crippen molar-refractivity contribution in [3.8, 4) is 11.5 Å². The Labute approximate surface area is 176 Å². The van der Waals surface area contributed by atoms with Crippen molar-refractivity contribution in [3.05, 3.63) is 60.2 Å². The highest BCUT2D eigenvalue weighted by molar-refractivity contribution is 5.90. The average Bonchev–Trinajstić information content (AvgIpc) is 3.35. The summed E-state index contributed by atoms with van der Waals surface area (Å²) in [6.45, 7) is 0.991. The molecule has 2 aromatic carbocycles. The highest BCUT2D eigenvalue weighted by atomic mass is 16.6. The lowest BCUT2D eigenvalue weighted by Gasteiger charge is -2.18. The quantitative estimate of drug-likeness (QED) is 0.764. The van der Waals surface area contributed by atoms with E-state index >= 15 is 0 Å². The lowest BCUT2D eigenvalue weighted by atomic mass is 9.99. The monoisotopic (exact) mass is 410 g/mol. The average molecular weight is 410 g/mol. The Bertz CT molecular complexity index is 879. The highest BCUT2D eigenvalue weighted by Crippen LogP contribution is 2.32. The maximum Gasteiger partial charge on any atom is 0.319 e. The highest BCUT2D eigenvalue weighted by Gasteiger charge is 2.47. The molecule has 2 heterocycles. The fraction of sp³-hybridized carbons (Fsp3) is 0.348. The van der Waals surface area contributed by atoms with Gasteiger partial charge in [0.2, 0.25) is 0 Å². The Hall–Kier alpha value is -3.03. The summed E-state index contributed by atoms with van der Waals surface area (Å²) in [5.74, 6) is 1.36. The van der Waals surface area contributed by atoms with Gasteiger partial charge in [0.25, 0.3) is 0 Å². The molecule has 4 atom stereocenters. The molecule has 2 aliphatic rings. The van der Waals surface area contributed by atoms with E-state index < -0.39 is 0 Å². The summed E-state index contributed by atoms with van der Waals surface area (Å²) in [7, 11) is 3.13. The number of nitrogens with one attached hydrogen (secondary N) is 2. The van der Waals surface area contributed by atoms with Crippen LogP contribution in [0.5, 0.6) is 11.5 Å². The molecule has 2 fully saturated rings. The van der Waals surface area contributed by atoms with Gasteiger partial charge >= 0.3 is 6.03 Å². The van der Waals surface area contributed by atoms with Crippen molar-refractivity contribution >= 4 is 17.8 Å². The summed E-state index contributed by atoms with van der Waals surface area (Å²) in [5.41, 5.74) is 1.72. The van der Waals surface area contributed by atoms with Crippen LogP contribution in [-0.4, -0.2) is 51.7 Å². The molecule has 7 heteroatoms. The van der Waals surface area contributed by atoms with E-state index in [0.717, 1.165) is 5.56 Å². The van der Waals surface area contributed by atoms with E-state index in [1.807, 2.05) is 18.2 Å². The molecule has 0 radical (unpaired) electrons. The number of ether oxygens (including phenoxy) is 4. The fourth-order valence-corrected chi connectivity index (χ4v) is 3.83. The standard InChI is InChI=1S/C23H26N2O5/c1-27-18-10-17(11-19(12-18)28-2)24-23(26)25-20-14-30-21-16(13-29-22(20)21)9-8-15-6-4-3-5-7-15/h3-12,16,20-22H,13-14H2,1-2H3,(H2,24,25,26)/t16-,20+,21?,22-/m1/s1. The second-order valence-corrected chi connectivity index (χ2v) is 7.34. The van der Waals surface area contributed by atoms with Gasteiger partial charge in [0.1, 0.15) is 17.6 Å². The molecule has 0 aromatic heterocycles. The maximum absolute atomic E-state index is 12.5. The number of urea groups is 1. The molecule has 2 saturated heterocycles. The molecule has 0 spiro atoms. The fourth-order valence-electron chi connectivity index (χ4n) is 3.83. The second-order valence-electron chi connectivity index (χ2n) is 7.34. The van der Waals surface area contributed by atoms with Crippen molar-refractivity contribution in [3.63, 3.8) is 0 Å². The molecule has 158 valence electrons. The molecule has 0 aliphatic carbocycles. The van der Waals surface area contributed by atoms with Gasteiger partial charge in [-0.25, -0.2) is 4.79 Å². The van der Waals surface area contributed by atoms with Gasteiger partial charge in [0, 0.05) is 29.8 Å².